The van der Waals surface area contributed by atoms with E-state index in [0.29, 0.717) is 11.5 Å². The maximum atomic E-state index is 11.0. The average Bonchev–Trinajstić information content (AvgIpc) is 2.73. The van der Waals surface area contributed by atoms with Crippen LogP contribution in [-0.4, -0.2) is 30.8 Å². The first-order valence-electron chi connectivity index (χ1n) is 5.13. The first kappa shape index (κ1) is 11.8. The molecule has 0 aliphatic carbocycles. The van der Waals surface area contributed by atoms with Crippen LogP contribution in [0.15, 0.2) is 18.6 Å². The molecule has 8 heteroatoms. The van der Waals surface area contributed by atoms with Crippen molar-refractivity contribution in [3.8, 4) is 0 Å². The van der Waals surface area contributed by atoms with Crippen LogP contribution in [0.1, 0.15) is 16.2 Å². The van der Waals surface area contributed by atoms with Crippen molar-refractivity contribution in [2.45, 2.75) is 6.54 Å². The van der Waals surface area contributed by atoms with E-state index in [1.807, 2.05) is 0 Å². The van der Waals surface area contributed by atoms with Crippen molar-refractivity contribution < 1.29 is 9.90 Å². The molecule has 0 saturated carbocycles. The highest BCUT2D eigenvalue weighted by molar-refractivity contribution is 5.94. The molecule has 0 bridgehead atoms. The zero-order chi connectivity index (χ0) is 13.1. The van der Waals surface area contributed by atoms with Crippen LogP contribution in [0.5, 0.6) is 0 Å². The van der Waals surface area contributed by atoms with Crippen LogP contribution in [0.3, 0.4) is 0 Å². The van der Waals surface area contributed by atoms with E-state index in [2.05, 4.69) is 20.4 Å². The second kappa shape index (κ2) is 4.70. The van der Waals surface area contributed by atoms with Gasteiger partial charge in [0.1, 0.15) is 17.7 Å². The minimum atomic E-state index is -1.09. The van der Waals surface area contributed by atoms with Gasteiger partial charge in [-0.15, -0.1) is 0 Å². The molecule has 0 fully saturated rings. The number of nitrogens with two attached hydrogens (primary N) is 1. The predicted octanol–water partition coefficient (Wildman–Crippen LogP) is 0.103. The van der Waals surface area contributed by atoms with Crippen molar-refractivity contribution in [3.63, 3.8) is 0 Å². The van der Waals surface area contributed by atoms with Gasteiger partial charge in [-0.2, -0.15) is 5.10 Å². The normalized spacial score (nSPS) is 10.3. The molecule has 8 nitrogen and oxygen atoms in total. The fraction of sp³-hybridized carbons (Fsp3) is 0.200. The second-order valence-electron chi connectivity index (χ2n) is 3.66. The van der Waals surface area contributed by atoms with E-state index in [1.165, 1.54) is 12.3 Å². The van der Waals surface area contributed by atoms with Gasteiger partial charge in [0.2, 0.25) is 0 Å². The van der Waals surface area contributed by atoms with Gasteiger partial charge >= 0.3 is 5.97 Å². The molecule has 0 atom stereocenters. The summed E-state index contributed by atoms with van der Waals surface area (Å²) >= 11 is 0. The van der Waals surface area contributed by atoms with Crippen LogP contribution >= 0.6 is 0 Å². The molecule has 2 aromatic heterocycles. The Morgan fingerprint density at radius 1 is 1.56 bits per heavy atom. The number of carbonyl (C=O) groups is 1. The lowest BCUT2D eigenvalue weighted by Crippen LogP contribution is -2.10. The quantitative estimate of drug-likeness (QED) is 0.702. The average molecular weight is 248 g/mol. The number of hydrogen-bond donors (Lipinski definition) is 3. The summed E-state index contributed by atoms with van der Waals surface area (Å²) in [5.74, 6) is -0.303. The Bertz CT molecular complexity index is 579. The molecule has 2 heterocycles. The van der Waals surface area contributed by atoms with Gasteiger partial charge in [0.05, 0.1) is 18.4 Å². The van der Waals surface area contributed by atoms with E-state index in [1.54, 1.807) is 18.1 Å². The van der Waals surface area contributed by atoms with E-state index >= 15 is 0 Å². The van der Waals surface area contributed by atoms with Crippen molar-refractivity contribution in [2.75, 3.05) is 11.1 Å². The van der Waals surface area contributed by atoms with Crippen LogP contribution in [0.2, 0.25) is 0 Å². The Balaban J connectivity index is 2.16. The van der Waals surface area contributed by atoms with Crippen molar-refractivity contribution in [3.05, 3.63) is 30.0 Å². The first-order chi connectivity index (χ1) is 8.56. The summed E-state index contributed by atoms with van der Waals surface area (Å²) < 4.78 is 1.56. The number of aromatic nitrogens is 4. The highest BCUT2D eigenvalue weighted by Gasteiger charge is 2.12. The fourth-order valence-electron chi connectivity index (χ4n) is 1.41. The molecule has 94 valence electrons. The number of aromatic carboxylic acids is 1. The summed E-state index contributed by atoms with van der Waals surface area (Å²) in [5, 5.41) is 15.9. The summed E-state index contributed by atoms with van der Waals surface area (Å²) in [7, 11) is 1.75. The minimum absolute atomic E-state index is 0.0194. The van der Waals surface area contributed by atoms with E-state index in [-0.39, 0.29) is 17.9 Å². The molecule has 0 amide bonds. The highest BCUT2D eigenvalue weighted by Crippen LogP contribution is 2.15. The largest absolute Gasteiger partial charge is 0.478 e. The van der Waals surface area contributed by atoms with Gasteiger partial charge in [-0.1, -0.05) is 0 Å². The lowest BCUT2D eigenvalue weighted by Gasteiger charge is -2.07. The van der Waals surface area contributed by atoms with Gasteiger partial charge in [-0.25, -0.2) is 14.8 Å². The smallest absolute Gasteiger partial charge is 0.339 e. The van der Waals surface area contributed by atoms with Gasteiger partial charge in [0, 0.05) is 7.05 Å². The summed E-state index contributed by atoms with van der Waals surface area (Å²) in [5.41, 5.74) is 5.81. The Labute approximate surface area is 102 Å². The molecule has 18 heavy (non-hydrogen) atoms. The van der Waals surface area contributed by atoms with Crippen LogP contribution in [-0.2, 0) is 13.6 Å². The number of anilines is 2. The van der Waals surface area contributed by atoms with Crippen LogP contribution in [0, 0.1) is 0 Å². The molecular formula is C10H12N6O2. The number of carboxylic acid groups (broad SMARTS) is 1. The number of pyridine rings is 1. The number of nitrogen functional groups attached to an aromatic ring is 1. The number of nitrogens with one attached hydrogen (secondary N) is 1. The molecular weight excluding hydrogens is 236 g/mol. The van der Waals surface area contributed by atoms with E-state index in [0.717, 1.165) is 0 Å². The SMILES string of the molecule is Cn1cnc(CNc2ncc(N)cc2C(=O)O)n1. The van der Waals surface area contributed by atoms with Gasteiger partial charge < -0.3 is 16.2 Å². The highest BCUT2D eigenvalue weighted by atomic mass is 16.4. The molecule has 0 aromatic carbocycles. The lowest BCUT2D eigenvalue weighted by molar-refractivity contribution is 0.0697. The third kappa shape index (κ3) is 2.54. The zero-order valence-corrected chi connectivity index (χ0v) is 9.66. The van der Waals surface area contributed by atoms with Crippen LogP contribution in [0.4, 0.5) is 11.5 Å². The van der Waals surface area contributed by atoms with Gasteiger partial charge in [0.25, 0.3) is 0 Å². The van der Waals surface area contributed by atoms with Gasteiger partial charge in [-0.3, -0.25) is 4.68 Å². The molecule has 0 saturated heterocycles. The molecule has 0 aliphatic rings. The third-order valence-electron chi connectivity index (χ3n) is 2.20. The summed E-state index contributed by atoms with van der Waals surface area (Å²) in [6.45, 7) is 0.290. The standard InChI is InChI=1S/C10H12N6O2/c1-16-5-14-8(15-16)4-13-9-7(10(17)18)2-6(11)3-12-9/h2-3,5H,4,11H2,1H3,(H,12,13)(H,17,18). The summed E-state index contributed by atoms with van der Waals surface area (Å²) in [6, 6.07) is 1.35. The molecule has 2 aromatic rings. The van der Waals surface area contributed by atoms with Gasteiger partial charge in [0.15, 0.2) is 5.82 Å². The van der Waals surface area contributed by atoms with E-state index in [4.69, 9.17) is 10.8 Å². The Morgan fingerprint density at radius 3 is 2.94 bits per heavy atom. The molecule has 0 spiro atoms. The summed E-state index contributed by atoms with van der Waals surface area (Å²) in [4.78, 5) is 19.0. The number of nitrogens with zero attached hydrogens (tertiary/aromatic N) is 4. The Morgan fingerprint density at radius 2 is 2.33 bits per heavy atom. The number of carboxylic acids is 1. The molecule has 4 N–H and O–H groups in total. The number of hydrogen-bond acceptors (Lipinski definition) is 6. The van der Waals surface area contributed by atoms with E-state index < -0.39 is 5.97 Å². The van der Waals surface area contributed by atoms with Crippen LogP contribution < -0.4 is 11.1 Å². The third-order valence-corrected chi connectivity index (χ3v) is 2.20. The van der Waals surface area contributed by atoms with E-state index in [9.17, 15) is 4.79 Å². The second-order valence-corrected chi connectivity index (χ2v) is 3.66. The fourth-order valence-corrected chi connectivity index (χ4v) is 1.41. The maximum Gasteiger partial charge on any atom is 0.339 e. The van der Waals surface area contributed by atoms with Crippen molar-refractivity contribution in [2.24, 2.45) is 7.05 Å². The first-order valence-corrected chi connectivity index (χ1v) is 5.13. The maximum absolute atomic E-state index is 11.0. The van der Waals surface area contributed by atoms with Crippen molar-refractivity contribution in [1.29, 1.82) is 0 Å². The minimum Gasteiger partial charge on any atom is -0.478 e. The van der Waals surface area contributed by atoms with Gasteiger partial charge in [-0.05, 0) is 6.07 Å². The Hall–Kier alpha value is -2.64. The lowest BCUT2D eigenvalue weighted by atomic mass is 10.2. The Kier molecular flexibility index (Phi) is 3.09. The zero-order valence-electron chi connectivity index (χ0n) is 9.66. The number of rotatable bonds is 4. The van der Waals surface area contributed by atoms with Crippen LogP contribution in [0.25, 0.3) is 0 Å². The number of aryl methyl sites for hydroxylation is 1. The molecule has 0 unspecified atom stereocenters. The molecule has 0 radical (unpaired) electrons. The van der Waals surface area contributed by atoms with Crippen molar-refractivity contribution in [1.82, 2.24) is 19.7 Å². The molecule has 2 rings (SSSR count). The summed E-state index contributed by atoms with van der Waals surface area (Å²) in [6.07, 6.45) is 2.95. The molecule has 0 aliphatic heterocycles. The monoisotopic (exact) mass is 248 g/mol. The topological polar surface area (TPSA) is 119 Å². The predicted molar refractivity (Wildman–Crippen MR) is 63.9 cm³/mol. The van der Waals surface area contributed by atoms with Crippen molar-refractivity contribution >= 4 is 17.5 Å².